The lowest BCUT2D eigenvalue weighted by Crippen LogP contribution is -1.96. The van der Waals surface area contributed by atoms with Crippen molar-refractivity contribution in [2.24, 2.45) is 0 Å². The van der Waals surface area contributed by atoms with Gasteiger partial charge in [0, 0.05) is 0 Å². The molecule has 5 heavy (non-hydrogen) atoms. The predicted octanol–water partition coefficient (Wildman–Crippen LogP) is 1.31. The van der Waals surface area contributed by atoms with Gasteiger partial charge in [0.05, 0.1) is 0 Å². The summed E-state index contributed by atoms with van der Waals surface area (Å²) in [5, 5.41) is 0. The van der Waals surface area contributed by atoms with Crippen LogP contribution in [0.2, 0.25) is 0 Å². The Balaban J connectivity index is 2.54. The van der Waals surface area contributed by atoms with E-state index in [1.54, 1.807) is 0 Å². The van der Waals surface area contributed by atoms with Crippen LogP contribution in [0.15, 0.2) is 0 Å². The van der Waals surface area contributed by atoms with Crippen LogP contribution in [-0.4, -0.2) is 12.0 Å². The summed E-state index contributed by atoms with van der Waals surface area (Å²) in [6.45, 7) is 1.17. The summed E-state index contributed by atoms with van der Waals surface area (Å²) in [6, 6.07) is 0. The molecule has 0 atom stereocenters. The first-order chi connectivity index (χ1) is 2.27. The van der Waals surface area contributed by atoms with E-state index in [0.29, 0.717) is 0 Å². The quantitative estimate of drug-likeness (QED) is 0.467. The zero-order valence-electron chi connectivity index (χ0n) is 2.29. The van der Waals surface area contributed by atoms with Gasteiger partial charge >= 0.3 is 5.43 Å². The average molecular weight is 128 g/mol. The third kappa shape index (κ3) is 5.00. The van der Waals surface area contributed by atoms with Crippen LogP contribution in [0.3, 0.4) is 0 Å². The molecule has 0 aromatic carbocycles. The highest BCUT2D eigenvalue weighted by Crippen LogP contribution is 1.92. The van der Waals surface area contributed by atoms with Gasteiger partial charge in [-0.3, -0.25) is 0 Å². The van der Waals surface area contributed by atoms with Crippen LogP contribution in [0.4, 0.5) is 0 Å². The van der Waals surface area contributed by atoms with Crippen molar-refractivity contribution in [3.63, 3.8) is 0 Å². The summed E-state index contributed by atoms with van der Waals surface area (Å²) in [7, 11) is 0. The summed E-state index contributed by atoms with van der Waals surface area (Å²) in [5.74, 6) is 0. The zero-order chi connectivity index (χ0) is 4.28. The Labute approximate surface area is 46.8 Å². The zero-order valence-corrected chi connectivity index (χ0v) is 4.56. The van der Waals surface area contributed by atoms with E-state index in [-0.39, 0.29) is 0 Å². The second-order valence-electron chi connectivity index (χ2n) is 0.460. The number of hydrogen-bond acceptors (Lipinski definition) is 0. The Morgan fingerprint density at radius 2 is 1.60 bits per heavy atom. The third-order valence-electron chi connectivity index (χ3n) is 0.0952. The maximum atomic E-state index is 5.04. The van der Waals surface area contributed by atoms with Gasteiger partial charge in [-0.2, -0.15) is 22.9 Å². The molecule has 0 aromatic heterocycles. The molecule has 0 heterocycles. The fourth-order valence-electron chi connectivity index (χ4n) is 0. The van der Waals surface area contributed by atoms with Crippen LogP contribution in [0.25, 0.3) is 0 Å². The molecule has 0 unspecified atom stereocenters. The lowest BCUT2D eigenvalue weighted by atomic mass is 9.75. The minimum Gasteiger partial charge on any atom is -0.211 e. The lowest BCUT2D eigenvalue weighted by Gasteiger charge is -1.73. The Kier molecular flexibility index (Phi) is 3.84. The molecule has 0 aliphatic rings. The Bertz CT molecular complexity index is 18.9. The predicted molar refractivity (Wildman–Crippen MR) is 29.1 cm³/mol. The van der Waals surface area contributed by atoms with Crippen molar-refractivity contribution >= 4 is 46.4 Å². The maximum absolute atomic E-state index is 5.04. The van der Waals surface area contributed by atoms with Crippen molar-refractivity contribution in [3.8, 4) is 0 Å². The molecule has 1 radical (unpaired) electrons. The molecular formula is B2Cl3. The largest absolute Gasteiger partial charge is 0.329 e. The number of hydrogen-bond donors (Lipinski definition) is 0. The minimum atomic E-state index is -0.531. The Morgan fingerprint density at radius 1 is 1.40 bits per heavy atom. The lowest BCUT2D eigenvalue weighted by molar-refractivity contribution is 3.94. The summed E-state index contributed by atoms with van der Waals surface area (Å²) < 4.78 is 0. The molecule has 0 saturated heterocycles. The second kappa shape index (κ2) is 3.20. The first kappa shape index (κ1) is 6.00. The van der Waals surface area contributed by atoms with Gasteiger partial charge in [-0.25, -0.2) is 11.5 Å². The normalized spacial score (nSPS) is 7.00. The Morgan fingerprint density at radius 3 is 1.60 bits per heavy atom. The minimum absolute atomic E-state index is 0.531. The van der Waals surface area contributed by atoms with Crippen LogP contribution >= 0.6 is 34.4 Å². The van der Waals surface area contributed by atoms with Crippen molar-refractivity contribution in [2.45, 2.75) is 0 Å². The van der Waals surface area contributed by atoms with Gasteiger partial charge in [0.1, 0.15) is 0 Å². The van der Waals surface area contributed by atoms with Crippen LogP contribution in [0.1, 0.15) is 0 Å². The molecule has 0 fully saturated rings. The fourth-order valence-corrected chi connectivity index (χ4v) is 0. The molecule has 0 spiro atoms. The van der Waals surface area contributed by atoms with E-state index in [1.807, 2.05) is 0 Å². The highest BCUT2D eigenvalue weighted by Gasteiger charge is 2.01. The first-order valence-electron chi connectivity index (χ1n) is 0.988. The van der Waals surface area contributed by atoms with Crippen LogP contribution in [0, 0.1) is 0 Å². The van der Waals surface area contributed by atoms with Crippen molar-refractivity contribution in [2.75, 3.05) is 0 Å². The molecule has 0 nitrogen and oxygen atoms in total. The van der Waals surface area contributed by atoms with Crippen LogP contribution < -0.4 is 0 Å². The van der Waals surface area contributed by atoms with Gasteiger partial charge in [-0.15, -0.1) is 0 Å². The van der Waals surface area contributed by atoms with E-state index >= 15 is 0 Å². The van der Waals surface area contributed by atoms with E-state index in [9.17, 15) is 0 Å². The standard InChI is InChI=1S/B2Cl3/c3-1-2(4)5. The van der Waals surface area contributed by atoms with Gasteiger partial charge in [-0.1, -0.05) is 0 Å². The molecule has 0 rings (SSSR count). The van der Waals surface area contributed by atoms with E-state index in [2.05, 4.69) is 0 Å². The fraction of sp³-hybridized carbons (Fsp3) is 0. The molecule has 5 heteroatoms. The highest BCUT2D eigenvalue weighted by molar-refractivity contribution is 7.64. The van der Waals surface area contributed by atoms with Gasteiger partial charge in [0.15, 0.2) is 0 Å². The molecule has 0 saturated carbocycles. The van der Waals surface area contributed by atoms with E-state index < -0.39 is 5.43 Å². The molecule has 27 valence electrons. The van der Waals surface area contributed by atoms with Crippen LogP contribution in [0.5, 0.6) is 0 Å². The maximum Gasteiger partial charge on any atom is 0.329 e. The van der Waals surface area contributed by atoms with Gasteiger partial charge in [0.25, 0.3) is 0 Å². The van der Waals surface area contributed by atoms with E-state index in [1.165, 1.54) is 6.59 Å². The monoisotopic (exact) mass is 127 g/mol. The highest BCUT2D eigenvalue weighted by atomic mass is 35.5. The summed E-state index contributed by atoms with van der Waals surface area (Å²) >= 11 is 15.0. The smallest absolute Gasteiger partial charge is 0.211 e. The molecular weight excluding hydrogens is 128 g/mol. The molecule has 0 aliphatic carbocycles. The molecule has 0 aromatic rings. The average Bonchev–Trinajstić information content (AvgIpc) is 1.38. The first-order valence-corrected chi connectivity index (χ1v) is 2.30. The number of rotatable bonds is 1. The van der Waals surface area contributed by atoms with Crippen LogP contribution in [-0.2, 0) is 0 Å². The molecule has 0 N–H and O–H groups in total. The van der Waals surface area contributed by atoms with Crippen molar-refractivity contribution < 1.29 is 0 Å². The summed E-state index contributed by atoms with van der Waals surface area (Å²) in [6.07, 6.45) is 0. The van der Waals surface area contributed by atoms with Crippen molar-refractivity contribution in [3.05, 3.63) is 0 Å². The van der Waals surface area contributed by atoms with E-state index in [4.69, 9.17) is 34.4 Å². The SMILES string of the molecule is Cl[B]B(Cl)Cl. The topological polar surface area (TPSA) is 0 Å². The second-order valence-corrected chi connectivity index (χ2v) is 1.88. The molecule has 0 bridgehead atoms. The third-order valence-corrected chi connectivity index (χ3v) is 0.857. The summed E-state index contributed by atoms with van der Waals surface area (Å²) in [5.41, 5.74) is -0.531. The van der Waals surface area contributed by atoms with Gasteiger partial charge in [0.2, 0.25) is 6.59 Å². The van der Waals surface area contributed by atoms with E-state index in [0.717, 1.165) is 0 Å². The summed E-state index contributed by atoms with van der Waals surface area (Å²) in [4.78, 5) is 0. The van der Waals surface area contributed by atoms with Crippen molar-refractivity contribution in [1.29, 1.82) is 0 Å². The molecule has 0 aliphatic heterocycles. The van der Waals surface area contributed by atoms with Gasteiger partial charge < -0.3 is 0 Å². The molecule has 0 amide bonds. The van der Waals surface area contributed by atoms with Crippen molar-refractivity contribution in [1.82, 2.24) is 0 Å². The Hall–Kier alpha value is 1.000. The van der Waals surface area contributed by atoms with Gasteiger partial charge in [-0.05, 0) is 0 Å². The number of halogens is 3.